The first-order chi connectivity index (χ1) is 21.4. The van der Waals surface area contributed by atoms with Crippen molar-refractivity contribution in [2.75, 3.05) is 52.6 Å². The number of carbonyl (C=O) groups is 4. The zero-order valence-electron chi connectivity index (χ0n) is 25.4. The fourth-order valence-corrected chi connectivity index (χ4v) is 5.09. The number of rotatable bonds is 13. The quantitative estimate of drug-likeness (QED) is 0.265. The summed E-state index contributed by atoms with van der Waals surface area (Å²) in [6.07, 6.45) is 3.67. The van der Waals surface area contributed by atoms with Crippen molar-refractivity contribution in [1.29, 1.82) is 0 Å². The first-order valence-corrected chi connectivity index (χ1v) is 15.2. The molecule has 2 fully saturated rings. The van der Waals surface area contributed by atoms with E-state index in [4.69, 9.17) is 18.9 Å². The highest BCUT2D eigenvalue weighted by molar-refractivity contribution is 5.96. The first kappa shape index (κ1) is 32.6. The predicted molar refractivity (Wildman–Crippen MR) is 159 cm³/mol. The lowest BCUT2D eigenvalue weighted by Crippen LogP contribution is -2.56. The Bertz CT molecular complexity index is 1260. The highest BCUT2D eigenvalue weighted by Gasteiger charge is 2.31. The molecule has 0 spiro atoms. The molecule has 1 N–H and O–H groups in total. The van der Waals surface area contributed by atoms with Gasteiger partial charge in [-0.1, -0.05) is 30.3 Å². The van der Waals surface area contributed by atoms with E-state index in [2.05, 4.69) is 15.3 Å². The maximum absolute atomic E-state index is 13.7. The summed E-state index contributed by atoms with van der Waals surface area (Å²) in [4.78, 5) is 63.3. The van der Waals surface area contributed by atoms with Crippen LogP contribution >= 0.6 is 0 Å². The molecule has 3 amide bonds. The molecular weight excluding hydrogens is 570 g/mol. The third-order valence-electron chi connectivity index (χ3n) is 7.35. The first-order valence-electron chi connectivity index (χ1n) is 15.2. The number of carbonyl (C=O) groups excluding carboxylic acids is 4. The van der Waals surface area contributed by atoms with Crippen molar-refractivity contribution >= 4 is 23.9 Å². The summed E-state index contributed by atoms with van der Waals surface area (Å²) < 4.78 is 21.5. The third-order valence-corrected chi connectivity index (χ3v) is 7.35. The molecule has 238 valence electrons. The molecule has 2 aliphatic rings. The summed E-state index contributed by atoms with van der Waals surface area (Å²) in [5.41, 5.74) is 0.780. The maximum Gasteiger partial charge on any atom is 0.409 e. The van der Waals surface area contributed by atoms with Crippen LogP contribution in [-0.4, -0.2) is 108 Å². The van der Waals surface area contributed by atoms with Crippen LogP contribution in [0.15, 0.2) is 36.4 Å². The van der Waals surface area contributed by atoms with E-state index in [1.165, 1.54) is 6.07 Å². The minimum atomic E-state index is -0.979. The van der Waals surface area contributed by atoms with E-state index < -0.39 is 24.0 Å². The normalized spacial score (nSPS) is 15.9. The van der Waals surface area contributed by atoms with Crippen molar-refractivity contribution in [2.45, 2.75) is 58.1 Å². The summed E-state index contributed by atoms with van der Waals surface area (Å²) in [5.74, 6) is -0.788. The van der Waals surface area contributed by atoms with Crippen LogP contribution in [-0.2, 0) is 23.8 Å². The summed E-state index contributed by atoms with van der Waals surface area (Å²) in [6, 6.07) is 9.80. The van der Waals surface area contributed by atoms with Gasteiger partial charge in [-0.25, -0.2) is 14.6 Å². The van der Waals surface area contributed by atoms with Crippen LogP contribution in [0.25, 0.3) is 11.4 Å². The number of hydrogen-bond donors (Lipinski definition) is 1. The van der Waals surface area contributed by atoms with Gasteiger partial charge in [0.15, 0.2) is 5.82 Å². The highest BCUT2D eigenvalue weighted by atomic mass is 16.6. The molecule has 4 rings (SSSR count). The summed E-state index contributed by atoms with van der Waals surface area (Å²) in [7, 11) is 0. The van der Waals surface area contributed by atoms with Crippen LogP contribution in [0.5, 0.6) is 5.88 Å². The van der Waals surface area contributed by atoms with Crippen LogP contribution in [0.2, 0.25) is 0 Å². The average Bonchev–Trinajstić information content (AvgIpc) is 3.55. The number of nitrogens with one attached hydrogen (secondary N) is 1. The second kappa shape index (κ2) is 16.6. The number of hydrogen-bond acceptors (Lipinski definition) is 10. The van der Waals surface area contributed by atoms with Crippen molar-refractivity contribution < 1.29 is 38.1 Å². The zero-order chi connectivity index (χ0) is 31.3. The van der Waals surface area contributed by atoms with Crippen LogP contribution in [0.4, 0.5) is 4.79 Å². The predicted octanol–water partition coefficient (Wildman–Crippen LogP) is 2.83. The van der Waals surface area contributed by atoms with Gasteiger partial charge in [0.2, 0.25) is 11.8 Å². The molecule has 0 bridgehead atoms. The minimum absolute atomic E-state index is 0.0172. The van der Waals surface area contributed by atoms with E-state index in [1.807, 2.05) is 30.3 Å². The van der Waals surface area contributed by atoms with Crippen molar-refractivity contribution in [1.82, 2.24) is 25.1 Å². The summed E-state index contributed by atoms with van der Waals surface area (Å²) in [5, 5.41) is 2.82. The van der Waals surface area contributed by atoms with Gasteiger partial charge in [-0.3, -0.25) is 9.59 Å². The van der Waals surface area contributed by atoms with E-state index >= 15 is 0 Å². The second-order valence-corrected chi connectivity index (χ2v) is 10.5. The monoisotopic (exact) mass is 611 g/mol. The number of benzene rings is 1. The molecule has 0 unspecified atom stereocenters. The molecule has 1 aromatic carbocycles. The van der Waals surface area contributed by atoms with E-state index in [0.717, 1.165) is 31.2 Å². The largest absolute Gasteiger partial charge is 0.474 e. The molecule has 13 nitrogen and oxygen atoms in total. The SMILES string of the molecule is CCOC(=O)COCC[C@H](NC(=O)c1cc(OC2CCCC2)nc(-c2ccccc2)n1)C(=O)N1CCN(C(=O)OCC)CC1. The fraction of sp³-hybridized carbons (Fsp3) is 0.548. The number of nitrogens with zero attached hydrogens (tertiary/aromatic N) is 4. The standard InChI is InChI=1S/C31H41N5O8/c1-3-42-27(37)21-41-19-14-24(30(39)35-15-17-36(18-16-35)31(40)43-4-2)33-29(38)25-20-26(44-23-12-8-9-13-23)34-28(32-25)22-10-6-5-7-11-22/h5-7,10-11,20,23-24H,3-4,8-9,12-19,21H2,1-2H3,(H,33,38)/t24-/m0/s1. The number of ether oxygens (including phenoxy) is 4. The summed E-state index contributed by atoms with van der Waals surface area (Å²) in [6.45, 7) is 4.84. The molecular formula is C31H41N5O8. The molecule has 2 heterocycles. The summed E-state index contributed by atoms with van der Waals surface area (Å²) >= 11 is 0. The molecule has 1 atom stereocenters. The maximum atomic E-state index is 13.7. The van der Waals surface area contributed by atoms with E-state index in [0.29, 0.717) is 24.8 Å². The molecule has 1 saturated heterocycles. The molecule has 0 radical (unpaired) electrons. The van der Waals surface area contributed by atoms with Crippen molar-refractivity contribution in [3.63, 3.8) is 0 Å². The van der Waals surface area contributed by atoms with Crippen LogP contribution in [0.1, 0.15) is 56.4 Å². The van der Waals surface area contributed by atoms with Gasteiger partial charge in [0.05, 0.1) is 13.2 Å². The average molecular weight is 612 g/mol. The number of amides is 3. The third kappa shape index (κ3) is 9.37. The van der Waals surface area contributed by atoms with Crippen molar-refractivity contribution in [3.05, 3.63) is 42.1 Å². The molecule has 1 aliphatic heterocycles. The molecule has 1 aromatic heterocycles. The highest BCUT2D eigenvalue weighted by Crippen LogP contribution is 2.25. The van der Waals surface area contributed by atoms with E-state index in [9.17, 15) is 19.2 Å². The number of esters is 1. The zero-order valence-corrected chi connectivity index (χ0v) is 25.4. The van der Waals surface area contributed by atoms with Gasteiger partial charge in [0.25, 0.3) is 5.91 Å². The molecule has 13 heteroatoms. The Morgan fingerprint density at radius 3 is 2.30 bits per heavy atom. The Morgan fingerprint density at radius 1 is 0.932 bits per heavy atom. The van der Waals surface area contributed by atoms with Gasteiger partial charge in [0, 0.05) is 44.4 Å². The Labute approximate surface area is 257 Å². The fourth-order valence-electron chi connectivity index (χ4n) is 5.09. The van der Waals surface area contributed by atoms with Gasteiger partial charge in [-0.2, -0.15) is 4.98 Å². The van der Waals surface area contributed by atoms with Gasteiger partial charge in [-0.15, -0.1) is 0 Å². The topological polar surface area (TPSA) is 149 Å². The minimum Gasteiger partial charge on any atom is -0.474 e. The lowest BCUT2D eigenvalue weighted by atomic mass is 10.1. The van der Waals surface area contributed by atoms with Crippen LogP contribution < -0.4 is 10.1 Å². The van der Waals surface area contributed by atoms with Crippen molar-refractivity contribution in [3.8, 4) is 17.3 Å². The molecule has 1 aliphatic carbocycles. The lowest BCUT2D eigenvalue weighted by Gasteiger charge is -2.36. The number of piperazine rings is 1. The van der Waals surface area contributed by atoms with Crippen LogP contribution in [0, 0.1) is 0 Å². The molecule has 2 aromatic rings. The number of aromatic nitrogens is 2. The van der Waals surface area contributed by atoms with Gasteiger partial charge < -0.3 is 34.1 Å². The smallest absolute Gasteiger partial charge is 0.409 e. The molecule has 1 saturated carbocycles. The molecule has 44 heavy (non-hydrogen) atoms. The lowest BCUT2D eigenvalue weighted by molar-refractivity contribution is -0.148. The van der Waals surface area contributed by atoms with Gasteiger partial charge >= 0.3 is 12.1 Å². The van der Waals surface area contributed by atoms with Gasteiger partial charge in [-0.05, 0) is 46.0 Å². The van der Waals surface area contributed by atoms with Crippen LogP contribution in [0.3, 0.4) is 0 Å². The van der Waals surface area contributed by atoms with E-state index in [1.54, 1.807) is 23.6 Å². The second-order valence-electron chi connectivity index (χ2n) is 10.5. The van der Waals surface area contributed by atoms with Gasteiger partial charge in [0.1, 0.15) is 24.4 Å². The Kier molecular flexibility index (Phi) is 12.3. The van der Waals surface area contributed by atoms with E-state index in [-0.39, 0.29) is 63.6 Å². The Hall–Kier alpha value is -4.26. The Balaban J connectivity index is 1.50. The Morgan fingerprint density at radius 2 is 1.61 bits per heavy atom. The van der Waals surface area contributed by atoms with Crippen molar-refractivity contribution in [2.24, 2.45) is 0 Å².